The van der Waals surface area contributed by atoms with Crippen LogP contribution in [0.3, 0.4) is 0 Å². The summed E-state index contributed by atoms with van der Waals surface area (Å²) in [6.45, 7) is 4.86. The maximum atomic E-state index is 12.8. The third-order valence-corrected chi connectivity index (χ3v) is 5.21. The molecule has 1 aromatic carbocycles. The number of benzene rings is 1. The number of β-amino-alcohol motifs (C(OH)–C–C–N with tert-alkyl or cyclic N) is 1. The van der Waals surface area contributed by atoms with Crippen LogP contribution in [0.5, 0.6) is 0 Å². The van der Waals surface area contributed by atoms with Crippen LogP contribution in [0.2, 0.25) is 0 Å². The molecule has 2 aliphatic rings. The standard InChI is InChI=1S/C19H27N3O3/c1-12(2)10-14(20)19(25)21-9-8-15-17(21)16(23)11-22(15)18(24)13-6-4-3-5-7-13/h3-7,12,14-17,23H,8-11,20H2,1-2H3/t14?,15?,16-,17?/m0/s1. The van der Waals surface area contributed by atoms with Gasteiger partial charge in [-0.1, -0.05) is 32.0 Å². The molecule has 3 unspecified atom stereocenters. The number of nitrogens with zero attached hydrogens (tertiary/aromatic N) is 2. The van der Waals surface area contributed by atoms with Crippen molar-refractivity contribution < 1.29 is 14.7 Å². The van der Waals surface area contributed by atoms with Crippen molar-refractivity contribution in [1.82, 2.24) is 9.80 Å². The predicted molar refractivity (Wildman–Crippen MR) is 94.8 cm³/mol. The summed E-state index contributed by atoms with van der Waals surface area (Å²) in [6, 6.07) is 8.03. The number of hydrogen-bond acceptors (Lipinski definition) is 4. The number of amides is 2. The first kappa shape index (κ1) is 17.9. The van der Waals surface area contributed by atoms with E-state index in [1.807, 2.05) is 32.0 Å². The molecule has 2 aliphatic heterocycles. The smallest absolute Gasteiger partial charge is 0.254 e. The average Bonchev–Trinajstić information content (AvgIpc) is 3.15. The van der Waals surface area contributed by atoms with E-state index in [-0.39, 0.29) is 30.4 Å². The van der Waals surface area contributed by atoms with Gasteiger partial charge in [0.15, 0.2) is 0 Å². The zero-order chi connectivity index (χ0) is 18.1. The summed E-state index contributed by atoms with van der Waals surface area (Å²) in [5.41, 5.74) is 6.67. The predicted octanol–water partition coefficient (Wildman–Crippen LogP) is 0.846. The van der Waals surface area contributed by atoms with Crippen molar-refractivity contribution in [2.45, 2.75) is 50.9 Å². The topological polar surface area (TPSA) is 86.9 Å². The fraction of sp³-hybridized carbons (Fsp3) is 0.579. The van der Waals surface area contributed by atoms with Gasteiger partial charge < -0.3 is 20.6 Å². The molecule has 4 atom stereocenters. The first-order valence-electron chi connectivity index (χ1n) is 9.00. The molecule has 0 spiro atoms. The summed E-state index contributed by atoms with van der Waals surface area (Å²) < 4.78 is 0. The number of carbonyl (C=O) groups is 2. The van der Waals surface area contributed by atoms with E-state index in [1.54, 1.807) is 21.9 Å². The van der Waals surface area contributed by atoms with Gasteiger partial charge in [-0.25, -0.2) is 0 Å². The van der Waals surface area contributed by atoms with Crippen LogP contribution in [-0.2, 0) is 4.79 Å². The molecular weight excluding hydrogens is 318 g/mol. The Kier molecular flexibility index (Phi) is 5.11. The van der Waals surface area contributed by atoms with E-state index in [0.29, 0.717) is 30.9 Å². The van der Waals surface area contributed by atoms with Gasteiger partial charge in [0, 0.05) is 18.7 Å². The molecule has 2 saturated heterocycles. The number of fused-ring (bicyclic) bond motifs is 1. The molecule has 6 heteroatoms. The third kappa shape index (κ3) is 3.41. The fourth-order valence-electron chi connectivity index (χ4n) is 4.11. The Morgan fingerprint density at radius 2 is 1.92 bits per heavy atom. The lowest BCUT2D eigenvalue weighted by molar-refractivity contribution is -0.135. The molecule has 0 aromatic heterocycles. The summed E-state index contributed by atoms with van der Waals surface area (Å²) >= 11 is 0. The SMILES string of the molecule is CC(C)CC(N)C(=O)N1CCC2C1[C@@H](O)CN2C(=O)c1ccccc1. The lowest BCUT2D eigenvalue weighted by Gasteiger charge is -2.29. The highest BCUT2D eigenvalue weighted by atomic mass is 16.3. The van der Waals surface area contributed by atoms with Gasteiger partial charge in [-0.15, -0.1) is 0 Å². The number of aliphatic hydroxyl groups is 1. The molecular formula is C19H27N3O3. The minimum Gasteiger partial charge on any atom is -0.389 e. The van der Waals surface area contributed by atoms with E-state index in [1.165, 1.54) is 0 Å². The van der Waals surface area contributed by atoms with Gasteiger partial charge in [-0.3, -0.25) is 9.59 Å². The second-order valence-corrected chi connectivity index (χ2v) is 7.51. The lowest BCUT2D eigenvalue weighted by atomic mass is 10.0. The number of carbonyl (C=O) groups excluding carboxylic acids is 2. The van der Waals surface area contributed by atoms with Crippen LogP contribution in [0, 0.1) is 5.92 Å². The van der Waals surface area contributed by atoms with Crippen molar-refractivity contribution in [3.05, 3.63) is 35.9 Å². The molecule has 0 aliphatic carbocycles. The van der Waals surface area contributed by atoms with Crippen LogP contribution in [0.4, 0.5) is 0 Å². The summed E-state index contributed by atoms with van der Waals surface area (Å²) in [6.07, 6.45) is 0.575. The molecule has 25 heavy (non-hydrogen) atoms. The summed E-state index contributed by atoms with van der Waals surface area (Å²) in [5, 5.41) is 10.5. The Hall–Kier alpha value is -1.92. The lowest BCUT2D eigenvalue weighted by Crippen LogP contribution is -2.51. The van der Waals surface area contributed by atoms with Crippen LogP contribution >= 0.6 is 0 Å². The van der Waals surface area contributed by atoms with Crippen molar-refractivity contribution in [3.63, 3.8) is 0 Å². The molecule has 0 bridgehead atoms. The van der Waals surface area contributed by atoms with E-state index < -0.39 is 12.1 Å². The van der Waals surface area contributed by atoms with Crippen LogP contribution < -0.4 is 5.73 Å². The number of hydrogen-bond donors (Lipinski definition) is 2. The summed E-state index contributed by atoms with van der Waals surface area (Å²) in [5.74, 6) is 0.129. The van der Waals surface area contributed by atoms with E-state index >= 15 is 0 Å². The Balaban J connectivity index is 1.74. The second-order valence-electron chi connectivity index (χ2n) is 7.51. The second kappa shape index (κ2) is 7.14. The quantitative estimate of drug-likeness (QED) is 0.847. The highest BCUT2D eigenvalue weighted by Gasteiger charge is 2.51. The molecule has 3 N–H and O–H groups in total. The van der Waals surface area contributed by atoms with Gasteiger partial charge in [0.25, 0.3) is 5.91 Å². The van der Waals surface area contributed by atoms with Gasteiger partial charge in [-0.2, -0.15) is 0 Å². The number of rotatable bonds is 4. The normalized spacial score (nSPS) is 26.8. The first-order valence-corrected chi connectivity index (χ1v) is 9.00. The van der Waals surface area contributed by atoms with Crippen molar-refractivity contribution in [2.75, 3.05) is 13.1 Å². The van der Waals surface area contributed by atoms with Crippen molar-refractivity contribution in [3.8, 4) is 0 Å². The van der Waals surface area contributed by atoms with E-state index in [0.717, 1.165) is 0 Å². The monoisotopic (exact) mass is 345 g/mol. The highest BCUT2D eigenvalue weighted by molar-refractivity contribution is 5.95. The van der Waals surface area contributed by atoms with E-state index in [4.69, 9.17) is 5.73 Å². The van der Waals surface area contributed by atoms with Crippen molar-refractivity contribution in [1.29, 1.82) is 0 Å². The Morgan fingerprint density at radius 3 is 2.56 bits per heavy atom. The van der Waals surface area contributed by atoms with Gasteiger partial charge in [-0.05, 0) is 30.9 Å². The molecule has 0 radical (unpaired) electrons. The van der Waals surface area contributed by atoms with Gasteiger partial charge in [0.2, 0.25) is 5.91 Å². The van der Waals surface area contributed by atoms with E-state index in [9.17, 15) is 14.7 Å². The van der Waals surface area contributed by atoms with Crippen LogP contribution in [0.25, 0.3) is 0 Å². The molecule has 2 fully saturated rings. The number of aliphatic hydroxyl groups excluding tert-OH is 1. The maximum absolute atomic E-state index is 12.8. The van der Waals surface area contributed by atoms with Crippen molar-refractivity contribution in [2.24, 2.45) is 11.7 Å². The molecule has 3 rings (SSSR count). The van der Waals surface area contributed by atoms with E-state index in [2.05, 4.69) is 0 Å². The zero-order valence-corrected chi connectivity index (χ0v) is 14.8. The zero-order valence-electron chi connectivity index (χ0n) is 14.8. The molecule has 136 valence electrons. The molecule has 1 aromatic rings. The number of likely N-dealkylation sites (tertiary alicyclic amines) is 2. The van der Waals surface area contributed by atoms with Crippen LogP contribution in [0.15, 0.2) is 30.3 Å². The maximum Gasteiger partial charge on any atom is 0.254 e. The summed E-state index contributed by atoms with van der Waals surface area (Å²) in [4.78, 5) is 28.9. The van der Waals surface area contributed by atoms with Crippen LogP contribution in [-0.4, -0.2) is 64.0 Å². The molecule has 2 heterocycles. The number of nitrogens with two attached hydrogens (primary N) is 1. The first-order chi connectivity index (χ1) is 11.9. The minimum atomic E-state index is -0.727. The van der Waals surface area contributed by atoms with Crippen molar-refractivity contribution >= 4 is 11.8 Å². The Labute approximate surface area is 148 Å². The van der Waals surface area contributed by atoms with Gasteiger partial charge in [0.05, 0.1) is 24.2 Å². The van der Waals surface area contributed by atoms with Gasteiger partial charge >= 0.3 is 0 Å². The minimum absolute atomic E-state index is 0.0899. The van der Waals surface area contributed by atoms with Crippen LogP contribution in [0.1, 0.15) is 37.0 Å². The fourth-order valence-corrected chi connectivity index (χ4v) is 4.11. The molecule has 2 amide bonds. The highest BCUT2D eigenvalue weighted by Crippen LogP contribution is 2.33. The summed E-state index contributed by atoms with van der Waals surface area (Å²) in [7, 11) is 0. The molecule has 0 saturated carbocycles. The van der Waals surface area contributed by atoms with Gasteiger partial charge in [0.1, 0.15) is 0 Å². The third-order valence-electron chi connectivity index (χ3n) is 5.21. The average molecular weight is 345 g/mol. The molecule has 6 nitrogen and oxygen atoms in total. The largest absolute Gasteiger partial charge is 0.389 e. The Bertz CT molecular complexity index is 634. The Morgan fingerprint density at radius 1 is 1.24 bits per heavy atom.